The summed E-state index contributed by atoms with van der Waals surface area (Å²) in [5, 5.41) is 7.01. The molecule has 3 aromatic rings. The van der Waals surface area contributed by atoms with E-state index in [-0.39, 0.29) is 0 Å². The van der Waals surface area contributed by atoms with Gasteiger partial charge in [-0.05, 0) is 48.5 Å². The highest BCUT2D eigenvalue weighted by Crippen LogP contribution is 2.23. The molecule has 0 saturated heterocycles. The van der Waals surface area contributed by atoms with Crippen molar-refractivity contribution >= 4 is 11.7 Å². The van der Waals surface area contributed by atoms with Crippen molar-refractivity contribution in [1.82, 2.24) is 10.1 Å². The smallest absolute Gasteiger partial charge is 0.326 e. The number of rotatable bonds is 5. The van der Waals surface area contributed by atoms with Crippen LogP contribution in [0.2, 0.25) is 0 Å². The van der Waals surface area contributed by atoms with Gasteiger partial charge in [0.1, 0.15) is 11.5 Å². The lowest BCUT2D eigenvalue weighted by Crippen LogP contribution is -1.91. The third-order valence-corrected chi connectivity index (χ3v) is 3.12. The number of benzene rings is 2. The summed E-state index contributed by atoms with van der Waals surface area (Å²) in [6.07, 6.45) is 0. The minimum atomic E-state index is 0.330. The quantitative estimate of drug-likeness (QED) is 0.777. The Bertz CT molecular complexity index is 736. The molecule has 6 nitrogen and oxygen atoms in total. The number of aromatic nitrogens is 2. The second-order valence-electron chi connectivity index (χ2n) is 4.51. The molecule has 3 rings (SSSR count). The molecule has 2 aromatic carbocycles. The topological polar surface area (TPSA) is 69.4 Å². The molecule has 0 bridgehead atoms. The first kappa shape index (κ1) is 13.9. The van der Waals surface area contributed by atoms with E-state index in [2.05, 4.69) is 15.5 Å². The van der Waals surface area contributed by atoms with Crippen LogP contribution >= 0.6 is 0 Å². The van der Waals surface area contributed by atoms with Crippen molar-refractivity contribution in [1.29, 1.82) is 0 Å². The number of anilines is 2. The summed E-state index contributed by atoms with van der Waals surface area (Å²) in [6.45, 7) is 0. The Morgan fingerprint density at radius 2 is 1.45 bits per heavy atom. The molecule has 0 spiro atoms. The van der Waals surface area contributed by atoms with E-state index >= 15 is 0 Å². The van der Waals surface area contributed by atoms with Crippen LogP contribution in [0.15, 0.2) is 53.1 Å². The molecule has 0 radical (unpaired) electrons. The predicted molar refractivity (Wildman–Crippen MR) is 82.6 cm³/mol. The Morgan fingerprint density at radius 3 is 2.05 bits per heavy atom. The van der Waals surface area contributed by atoms with Crippen LogP contribution < -0.4 is 14.8 Å². The standard InChI is InChI=1S/C16H15N3O3/c1-20-13-7-3-11(4-8-13)15-18-16(22-19-15)17-12-5-9-14(21-2)10-6-12/h3-10H,1-2H3,(H,17,18,19). The van der Waals surface area contributed by atoms with E-state index in [0.717, 1.165) is 22.7 Å². The highest BCUT2D eigenvalue weighted by Gasteiger charge is 2.09. The normalized spacial score (nSPS) is 10.3. The van der Waals surface area contributed by atoms with Crippen LogP contribution in [0, 0.1) is 0 Å². The van der Waals surface area contributed by atoms with Crippen LogP contribution in [0.5, 0.6) is 11.5 Å². The molecule has 0 atom stereocenters. The molecule has 22 heavy (non-hydrogen) atoms. The molecule has 0 aliphatic heterocycles. The lowest BCUT2D eigenvalue weighted by Gasteiger charge is -2.02. The van der Waals surface area contributed by atoms with E-state index in [0.29, 0.717) is 11.8 Å². The van der Waals surface area contributed by atoms with E-state index in [1.807, 2.05) is 48.5 Å². The van der Waals surface area contributed by atoms with Crippen LogP contribution in [0.25, 0.3) is 11.4 Å². The van der Waals surface area contributed by atoms with Crippen LogP contribution in [0.1, 0.15) is 0 Å². The average Bonchev–Trinajstić information content (AvgIpc) is 3.04. The summed E-state index contributed by atoms with van der Waals surface area (Å²) < 4.78 is 15.4. The number of methoxy groups -OCH3 is 2. The van der Waals surface area contributed by atoms with Crippen molar-refractivity contribution in [2.45, 2.75) is 0 Å². The zero-order valence-corrected chi connectivity index (χ0v) is 12.2. The zero-order chi connectivity index (χ0) is 15.4. The summed E-state index contributed by atoms with van der Waals surface area (Å²) in [5.41, 5.74) is 1.69. The average molecular weight is 297 g/mol. The van der Waals surface area contributed by atoms with Gasteiger partial charge in [0.2, 0.25) is 5.82 Å². The summed E-state index contributed by atoms with van der Waals surface area (Å²) in [7, 11) is 3.25. The molecule has 0 aliphatic carbocycles. The molecule has 6 heteroatoms. The molecule has 1 N–H and O–H groups in total. The molecule has 0 amide bonds. The first-order valence-electron chi connectivity index (χ1n) is 6.67. The largest absolute Gasteiger partial charge is 0.497 e. The van der Waals surface area contributed by atoms with Crippen molar-refractivity contribution < 1.29 is 14.0 Å². The Kier molecular flexibility index (Phi) is 3.91. The first-order chi connectivity index (χ1) is 10.8. The minimum Gasteiger partial charge on any atom is -0.497 e. The fourth-order valence-electron chi connectivity index (χ4n) is 1.93. The fraction of sp³-hybridized carbons (Fsp3) is 0.125. The highest BCUT2D eigenvalue weighted by molar-refractivity contribution is 5.59. The molecule has 0 saturated carbocycles. The van der Waals surface area contributed by atoms with Gasteiger partial charge in [0.25, 0.3) is 0 Å². The molecule has 1 heterocycles. The number of nitrogens with one attached hydrogen (secondary N) is 1. The van der Waals surface area contributed by atoms with E-state index < -0.39 is 0 Å². The van der Waals surface area contributed by atoms with Gasteiger partial charge in [-0.3, -0.25) is 0 Å². The summed E-state index contributed by atoms with van der Waals surface area (Å²) >= 11 is 0. The van der Waals surface area contributed by atoms with Gasteiger partial charge in [0.15, 0.2) is 0 Å². The number of hydrogen-bond acceptors (Lipinski definition) is 6. The SMILES string of the molecule is COc1ccc(Nc2nc(-c3ccc(OC)cc3)no2)cc1. The maximum atomic E-state index is 5.20. The number of nitrogens with zero attached hydrogens (tertiary/aromatic N) is 2. The Balaban J connectivity index is 1.74. The highest BCUT2D eigenvalue weighted by atomic mass is 16.5. The fourth-order valence-corrected chi connectivity index (χ4v) is 1.93. The molecular weight excluding hydrogens is 282 g/mol. The van der Waals surface area contributed by atoms with Gasteiger partial charge in [-0.25, -0.2) is 0 Å². The van der Waals surface area contributed by atoms with Crippen LogP contribution in [-0.4, -0.2) is 24.4 Å². The maximum absolute atomic E-state index is 5.20. The lowest BCUT2D eigenvalue weighted by atomic mass is 10.2. The monoisotopic (exact) mass is 297 g/mol. The number of hydrogen-bond donors (Lipinski definition) is 1. The van der Waals surface area contributed by atoms with Crippen molar-refractivity contribution in [2.24, 2.45) is 0 Å². The Morgan fingerprint density at radius 1 is 0.864 bits per heavy atom. The van der Waals surface area contributed by atoms with Gasteiger partial charge >= 0.3 is 6.01 Å². The predicted octanol–water partition coefficient (Wildman–Crippen LogP) is 3.50. The van der Waals surface area contributed by atoms with Crippen molar-refractivity contribution in [2.75, 3.05) is 19.5 Å². The molecular formula is C16H15N3O3. The van der Waals surface area contributed by atoms with Gasteiger partial charge < -0.3 is 19.3 Å². The van der Waals surface area contributed by atoms with E-state index in [1.54, 1.807) is 14.2 Å². The molecule has 112 valence electrons. The zero-order valence-electron chi connectivity index (χ0n) is 12.2. The van der Waals surface area contributed by atoms with Crippen LogP contribution in [0.3, 0.4) is 0 Å². The van der Waals surface area contributed by atoms with Crippen molar-refractivity contribution in [3.63, 3.8) is 0 Å². The maximum Gasteiger partial charge on any atom is 0.326 e. The van der Waals surface area contributed by atoms with Crippen molar-refractivity contribution in [3.05, 3.63) is 48.5 Å². The van der Waals surface area contributed by atoms with Gasteiger partial charge in [-0.2, -0.15) is 4.98 Å². The van der Waals surface area contributed by atoms with Crippen LogP contribution in [-0.2, 0) is 0 Å². The van der Waals surface area contributed by atoms with E-state index in [4.69, 9.17) is 14.0 Å². The van der Waals surface area contributed by atoms with Gasteiger partial charge in [-0.1, -0.05) is 5.16 Å². The third-order valence-electron chi connectivity index (χ3n) is 3.12. The van der Waals surface area contributed by atoms with Gasteiger partial charge in [0, 0.05) is 11.3 Å². The summed E-state index contributed by atoms with van der Waals surface area (Å²) in [4.78, 5) is 4.31. The van der Waals surface area contributed by atoms with Gasteiger partial charge in [0.05, 0.1) is 14.2 Å². The molecule has 0 unspecified atom stereocenters. The van der Waals surface area contributed by atoms with Crippen molar-refractivity contribution in [3.8, 4) is 22.9 Å². The molecule has 1 aromatic heterocycles. The second-order valence-corrected chi connectivity index (χ2v) is 4.51. The first-order valence-corrected chi connectivity index (χ1v) is 6.67. The summed E-state index contributed by atoms with van der Waals surface area (Å²) in [6, 6.07) is 15.2. The van der Waals surface area contributed by atoms with Gasteiger partial charge in [-0.15, -0.1) is 0 Å². The van der Waals surface area contributed by atoms with Crippen LogP contribution in [0.4, 0.5) is 11.7 Å². The third kappa shape index (κ3) is 3.01. The Labute approximate surface area is 127 Å². The number of ether oxygens (including phenoxy) is 2. The molecule has 0 aliphatic rings. The second kappa shape index (κ2) is 6.17. The van der Waals surface area contributed by atoms with E-state index in [1.165, 1.54) is 0 Å². The lowest BCUT2D eigenvalue weighted by molar-refractivity contribution is 0.415. The molecule has 0 fully saturated rings. The summed E-state index contributed by atoms with van der Waals surface area (Å²) in [5.74, 6) is 2.08. The van der Waals surface area contributed by atoms with E-state index in [9.17, 15) is 0 Å². The minimum absolute atomic E-state index is 0.330. The Hall–Kier alpha value is -3.02.